The Kier molecular flexibility index (Phi) is 5.94. The van der Waals surface area contributed by atoms with E-state index in [1.807, 2.05) is 6.07 Å². The van der Waals surface area contributed by atoms with Crippen molar-refractivity contribution in [1.29, 1.82) is 5.26 Å². The van der Waals surface area contributed by atoms with Crippen molar-refractivity contribution in [3.63, 3.8) is 0 Å². The van der Waals surface area contributed by atoms with E-state index in [-0.39, 0.29) is 11.8 Å². The Bertz CT molecular complexity index is 764. The molecule has 0 spiro atoms. The number of nitriles is 1. The molecule has 0 aliphatic carbocycles. The van der Waals surface area contributed by atoms with Crippen LogP contribution in [0.25, 0.3) is 0 Å². The molecular formula is C18H16ClN3O2. The summed E-state index contributed by atoms with van der Waals surface area (Å²) in [6.07, 6.45) is 0. The van der Waals surface area contributed by atoms with E-state index in [2.05, 4.69) is 5.32 Å². The monoisotopic (exact) mass is 341 g/mol. The Morgan fingerprint density at radius 1 is 1.12 bits per heavy atom. The summed E-state index contributed by atoms with van der Waals surface area (Å²) in [5.74, 6) is -0.365. The first-order valence-corrected chi connectivity index (χ1v) is 7.71. The van der Waals surface area contributed by atoms with Crippen LogP contribution in [-0.2, 0) is 4.79 Å². The van der Waals surface area contributed by atoms with E-state index in [0.29, 0.717) is 34.9 Å². The number of carbonyl (C=O) groups is 2. The molecular weight excluding hydrogens is 326 g/mol. The highest BCUT2D eigenvalue weighted by Gasteiger charge is 2.12. The number of carbonyl (C=O) groups excluding carboxylic acids is 2. The van der Waals surface area contributed by atoms with Gasteiger partial charge in [-0.15, -0.1) is 0 Å². The van der Waals surface area contributed by atoms with Crippen molar-refractivity contribution in [3.05, 3.63) is 64.7 Å². The molecule has 0 fully saturated rings. The maximum absolute atomic E-state index is 12.0. The highest BCUT2D eigenvalue weighted by Crippen LogP contribution is 2.15. The largest absolute Gasteiger partial charge is 0.350 e. The Morgan fingerprint density at radius 3 is 2.29 bits per heavy atom. The molecule has 5 nitrogen and oxygen atoms in total. The van der Waals surface area contributed by atoms with Gasteiger partial charge in [0, 0.05) is 36.3 Å². The molecule has 0 atom stereocenters. The lowest BCUT2D eigenvalue weighted by atomic mass is 10.2. The van der Waals surface area contributed by atoms with Crippen LogP contribution >= 0.6 is 11.6 Å². The lowest BCUT2D eigenvalue weighted by molar-refractivity contribution is -0.116. The van der Waals surface area contributed by atoms with E-state index in [1.165, 1.54) is 6.92 Å². The van der Waals surface area contributed by atoms with Gasteiger partial charge in [-0.05, 0) is 48.5 Å². The Labute approximate surface area is 145 Å². The predicted molar refractivity (Wildman–Crippen MR) is 93.0 cm³/mol. The molecule has 0 unspecified atom stereocenters. The van der Waals surface area contributed by atoms with Crippen molar-refractivity contribution >= 4 is 29.1 Å². The number of hydrogen-bond acceptors (Lipinski definition) is 3. The molecule has 1 N–H and O–H groups in total. The molecule has 6 heteroatoms. The van der Waals surface area contributed by atoms with Crippen LogP contribution in [0.5, 0.6) is 0 Å². The van der Waals surface area contributed by atoms with Gasteiger partial charge in [0.15, 0.2) is 0 Å². The fraction of sp³-hybridized carbons (Fsp3) is 0.167. The van der Waals surface area contributed by atoms with Gasteiger partial charge in [0.1, 0.15) is 0 Å². The Balaban J connectivity index is 1.96. The number of benzene rings is 2. The molecule has 0 heterocycles. The molecule has 0 saturated heterocycles. The first-order valence-electron chi connectivity index (χ1n) is 7.33. The van der Waals surface area contributed by atoms with Crippen molar-refractivity contribution in [2.45, 2.75) is 6.92 Å². The first-order chi connectivity index (χ1) is 11.5. The molecule has 0 aromatic heterocycles. The second-order valence-electron chi connectivity index (χ2n) is 5.09. The number of rotatable bonds is 5. The first kappa shape index (κ1) is 17.5. The third-order valence-corrected chi connectivity index (χ3v) is 3.67. The van der Waals surface area contributed by atoms with E-state index >= 15 is 0 Å². The fourth-order valence-corrected chi connectivity index (χ4v) is 2.29. The zero-order valence-electron chi connectivity index (χ0n) is 13.1. The van der Waals surface area contributed by atoms with Gasteiger partial charge in [-0.3, -0.25) is 9.59 Å². The Morgan fingerprint density at radius 2 is 1.75 bits per heavy atom. The van der Waals surface area contributed by atoms with Gasteiger partial charge in [-0.2, -0.15) is 5.26 Å². The molecule has 2 rings (SSSR count). The zero-order valence-corrected chi connectivity index (χ0v) is 13.9. The van der Waals surface area contributed by atoms with Crippen LogP contribution < -0.4 is 10.2 Å². The maximum Gasteiger partial charge on any atom is 0.251 e. The fourth-order valence-electron chi connectivity index (χ4n) is 2.17. The summed E-state index contributed by atoms with van der Waals surface area (Å²) >= 11 is 5.79. The number of nitrogens with zero attached hydrogens (tertiary/aromatic N) is 2. The van der Waals surface area contributed by atoms with Crippen LogP contribution in [0.1, 0.15) is 22.8 Å². The van der Waals surface area contributed by atoms with Gasteiger partial charge in [-0.25, -0.2) is 0 Å². The van der Waals surface area contributed by atoms with E-state index in [0.717, 1.165) is 0 Å². The standard InChI is InChI=1S/C18H16ClN3O2/c1-13(23)22(17-8-2-14(12-20)3-9-17)11-10-21-18(24)15-4-6-16(19)7-5-15/h2-9H,10-11H2,1H3,(H,21,24). The van der Waals surface area contributed by atoms with Crippen LogP contribution in [0.3, 0.4) is 0 Å². The molecule has 122 valence electrons. The number of halogens is 1. The summed E-state index contributed by atoms with van der Waals surface area (Å²) in [6, 6.07) is 15.3. The number of nitrogens with one attached hydrogen (secondary N) is 1. The molecule has 2 amide bonds. The van der Waals surface area contributed by atoms with Crippen molar-refractivity contribution in [2.75, 3.05) is 18.0 Å². The highest BCUT2D eigenvalue weighted by atomic mass is 35.5. The quantitative estimate of drug-likeness (QED) is 0.908. The molecule has 0 bridgehead atoms. The summed E-state index contributed by atoms with van der Waals surface area (Å²) in [6.45, 7) is 2.10. The smallest absolute Gasteiger partial charge is 0.251 e. The van der Waals surface area contributed by atoms with Gasteiger partial charge in [0.05, 0.1) is 11.6 Å². The van der Waals surface area contributed by atoms with Gasteiger partial charge >= 0.3 is 0 Å². The van der Waals surface area contributed by atoms with E-state index in [1.54, 1.807) is 53.4 Å². The second-order valence-corrected chi connectivity index (χ2v) is 5.53. The third kappa shape index (κ3) is 4.58. The third-order valence-electron chi connectivity index (χ3n) is 3.42. The van der Waals surface area contributed by atoms with E-state index in [9.17, 15) is 9.59 Å². The average Bonchev–Trinajstić information content (AvgIpc) is 2.59. The Hall–Kier alpha value is -2.84. The number of amides is 2. The molecule has 0 aliphatic rings. The maximum atomic E-state index is 12.0. The number of anilines is 1. The van der Waals surface area contributed by atoms with Gasteiger partial charge in [-0.1, -0.05) is 11.6 Å². The minimum Gasteiger partial charge on any atom is -0.350 e. The molecule has 2 aromatic rings. The minimum absolute atomic E-state index is 0.138. The van der Waals surface area contributed by atoms with Crippen molar-refractivity contribution in [2.24, 2.45) is 0 Å². The van der Waals surface area contributed by atoms with Crippen molar-refractivity contribution < 1.29 is 9.59 Å². The summed E-state index contributed by atoms with van der Waals surface area (Å²) in [7, 11) is 0. The highest BCUT2D eigenvalue weighted by molar-refractivity contribution is 6.30. The molecule has 24 heavy (non-hydrogen) atoms. The van der Waals surface area contributed by atoms with Gasteiger partial charge in [0.2, 0.25) is 5.91 Å². The van der Waals surface area contributed by atoms with E-state index in [4.69, 9.17) is 16.9 Å². The van der Waals surface area contributed by atoms with Crippen LogP contribution in [0.15, 0.2) is 48.5 Å². The summed E-state index contributed by atoms with van der Waals surface area (Å²) in [5, 5.41) is 12.2. The summed E-state index contributed by atoms with van der Waals surface area (Å²) in [4.78, 5) is 25.4. The van der Waals surface area contributed by atoms with Crippen molar-refractivity contribution in [3.8, 4) is 6.07 Å². The predicted octanol–water partition coefficient (Wildman–Crippen LogP) is 2.99. The average molecular weight is 342 g/mol. The van der Waals surface area contributed by atoms with Gasteiger partial charge in [0.25, 0.3) is 5.91 Å². The molecule has 0 saturated carbocycles. The lowest BCUT2D eigenvalue weighted by Crippen LogP contribution is -2.37. The minimum atomic E-state index is -0.227. The molecule has 2 aromatic carbocycles. The van der Waals surface area contributed by atoms with Crippen LogP contribution in [0, 0.1) is 11.3 Å². The van der Waals surface area contributed by atoms with Crippen LogP contribution in [0.2, 0.25) is 5.02 Å². The summed E-state index contributed by atoms with van der Waals surface area (Å²) < 4.78 is 0. The molecule has 0 aliphatic heterocycles. The van der Waals surface area contributed by atoms with Crippen molar-refractivity contribution in [1.82, 2.24) is 5.32 Å². The van der Waals surface area contributed by atoms with Gasteiger partial charge < -0.3 is 10.2 Å². The SMILES string of the molecule is CC(=O)N(CCNC(=O)c1ccc(Cl)cc1)c1ccc(C#N)cc1. The molecule has 0 radical (unpaired) electrons. The van der Waals surface area contributed by atoms with E-state index < -0.39 is 0 Å². The normalized spacial score (nSPS) is 9.88. The zero-order chi connectivity index (χ0) is 17.5. The lowest BCUT2D eigenvalue weighted by Gasteiger charge is -2.21. The van der Waals surface area contributed by atoms with Crippen LogP contribution in [-0.4, -0.2) is 24.9 Å². The van der Waals surface area contributed by atoms with Crippen LogP contribution in [0.4, 0.5) is 5.69 Å². The topological polar surface area (TPSA) is 73.2 Å². The number of hydrogen-bond donors (Lipinski definition) is 1. The second kappa shape index (κ2) is 8.14. The summed E-state index contributed by atoms with van der Waals surface area (Å²) in [5.41, 5.74) is 1.72.